The van der Waals surface area contributed by atoms with E-state index in [2.05, 4.69) is 47.6 Å². The quantitative estimate of drug-likeness (QED) is 0.821. The number of aromatic nitrogens is 2. The van der Waals surface area contributed by atoms with E-state index in [9.17, 15) is 0 Å². The van der Waals surface area contributed by atoms with Gasteiger partial charge in [-0.3, -0.25) is 5.10 Å². The van der Waals surface area contributed by atoms with Gasteiger partial charge in [-0.25, -0.2) is 0 Å². The van der Waals surface area contributed by atoms with Gasteiger partial charge >= 0.3 is 0 Å². The van der Waals surface area contributed by atoms with E-state index < -0.39 is 0 Å². The lowest BCUT2D eigenvalue weighted by atomic mass is 10.0. The predicted molar refractivity (Wildman–Crippen MR) is 65.0 cm³/mol. The van der Waals surface area contributed by atoms with Gasteiger partial charge in [0.2, 0.25) is 0 Å². The van der Waals surface area contributed by atoms with E-state index in [1.54, 1.807) is 6.20 Å². The molecule has 0 unspecified atom stereocenters. The molecule has 0 aliphatic carbocycles. The van der Waals surface area contributed by atoms with Crippen molar-refractivity contribution >= 4 is 0 Å². The summed E-state index contributed by atoms with van der Waals surface area (Å²) in [5, 5.41) is 10.3. The van der Waals surface area contributed by atoms with Crippen molar-refractivity contribution in [2.75, 3.05) is 0 Å². The molecule has 1 heterocycles. The highest BCUT2D eigenvalue weighted by Crippen LogP contribution is 2.12. The molecular formula is C13H17N3. The van der Waals surface area contributed by atoms with Gasteiger partial charge in [0.25, 0.3) is 0 Å². The molecule has 84 valence electrons. The summed E-state index contributed by atoms with van der Waals surface area (Å²) in [6, 6.07) is 8.39. The van der Waals surface area contributed by atoms with Crippen molar-refractivity contribution in [2.45, 2.75) is 26.9 Å². The molecule has 0 saturated carbocycles. The van der Waals surface area contributed by atoms with Crippen LogP contribution in [0.4, 0.5) is 0 Å². The Morgan fingerprint density at radius 3 is 2.50 bits per heavy atom. The molecule has 3 nitrogen and oxygen atoms in total. The molecule has 2 aromatic rings. The number of benzene rings is 1. The van der Waals surface area contributed by atoms with Crippen molar-refractivity contribution in [3.05, 3.63) is 52.8 Å². The second-order valence-corrected chi connectivity index (χ2v) is 4.06. The second kappa shape index (κ2) is 4.94. The summed E-state index contributed by atoms with van der Waals surface area (Å²) >= 11 is 0. The van der Waals surface area contributed by atoms with Crippen molar-refractivity contribution in [3.63, 3.8) is 0 Å². The molecule has 0 radical (unpaired) electrons. The third kappa shape index (κ3) is 2.49. The third-order valence-electron chi connectivity index (χ3n) is 2.82. The minimum atomic E-state index is 0.827. The molecule has 0 aliphatic heterocycles. The summed E-state index contributed by atoms with van der Waals surface area (Å²) in [5.41, 5.74) is 5.20. The Bertz CT molecular complexity index is 426. The SMILES string of the molecule is Cc1cccc(C)c1CNCc1ccn[nH]1. The van der Waals surface area contributed by atoms with Crippen LogP contribution < -0.4 is 5.32 Å². The van der Waals surface area contributed by atoms with Gasteiger partial charge in [-0.05, 0) is 36.6 Å². The second-order valence-electron chi connectivity index (χ2n) is 4.06. The van der Waals surface area contributed by atoms with Crippen molar-refractivity contribution in [1.29, 1.82) is 0 Å². The molecule has 0 aliphatic rings. The lowest BCUT2D eigenvalue weighted by Crippen LogP contribution is -2.14. The lowest BCUT2D eigenvalue weighted by molar-refractivity contribution is 0.672. The third-order valence-corrected chi connectivity index (χ3v) is 2.82. The molecule has 16 heavy (non-hydrogen) atoms. The number of aromatic amines is 1. The molecule has 1 aromatic heterocycles. The van der Waals surface area contributed by atoms with Gasteiger partial charge in [0.1, 0.15) is 0 Å². The van der Waals surface area contributed by atoms with E-state index in [-0.39, 0.29) is 0 Å². The smallest absolute Gasteiger partial charge is 0.0490 e. The predicted octanol–water partition coefficient (Wildman–Crippen LogP) is 2.32. The number of aryl methyl sites for hydroxylation is 2. The zero-order valence-electron chi connectivity index (χ0n) is 9.75. The van der Waals surface area contributed by atoms with E-state index in [4.69, 9.17) is 0 Å². The van der Waals surface area contributed by atoms with Crippen LogP contribution in [-0.4, -0.2) is 10.2 Å². The van der Waals surface area contributed by atoms with Gasteiger partial charge in [-0.1, -0.05) is 18.2 Å². The van der Waals surface area contributed by atoms with Crippen LogP contribution in [0.15, 0.2) is 30.5 Å². The number of rotatable bonds is 4. The molecule has 0 atom stereocenters. The molecule has 1 aromatic carbocycles. The summed E-state index contributed by atoms with van der Waals surface area (Å²) < 4.78 is 0. The maximum Gasteiger partial charge on any atom is 0.0490 e. The van der Waals surface area contributed by atoms with Crippen LogP contribution in [0, 0.1) is 13.8 Å². The van der Waals surface area contributed by atoms with Crippen molar-refractivity contribution < 1.29 is 0 Å². The van der Waals surface area contributed by atoms with Crippen molar-refractivity contribution in [3.8, 4) is 0 Å². The van der Waals surface area contributed by atoms with Crippen LogP contribution in [0.2, 0.25) is 0 Å². The fourth-order valence-electron chi connectivity index (χ4n) is 1.83. The van der Waals surface area contributed by atoms with Gasteiger partial charge in [0, 0.05) is 25.0 Å². The standard InChI is InChI=1S/C13H17N3/c1-10-4-3-5-11(2)13(10)9-14-8-12-6-7-15-16-12/h3-7,14H,8-9H2,1-2H3,(H,15,16). The van der Waals surface area contributed by atoms with Crippen LogP contribution in [0.5, 0.6) is 0 Å². The average molecular weight is 215 g/mol. The molecule has 0 amide bonds. The molecule has 0 spiro atoms. The van der Waals surface area contributed by atoms with Gasteiger partial charge in [-0.15, -0.1) is 0 Å². The first-order chi connectivity index (χ1) is 7.77. The summed E-state index contributed by atoms with van der Waals surface area (Å²) in [6.45, 7) is 6.03. The Morgan fingerprint density at radius 1 is 1.12 bits per heavy atom. The van der Waals surface area contributed by atoms with Crippen LogP contribution in [0.25, 0.3) is 0 Å². The largest absolute Gasteiger partial charge is 0.307 e. The molecule has 0 fully saturated rings. The topological polar surface area (TPSA) is 40.7 Å². The van der Waals surface area contributed by atoms with Crippen molar-refractivity contribution in [1.82, 2.24) is 15.5 Å². The molecular weight excluding hydrogens is 198 g/mol. The lowest BCUT2D eigenvalue weighted by Gasteiger charge is -2.10. The Morgan fingerprint density at radius 2 is 1.88 bits per heavy atom. The van der Waals surface area contributed by atoms with Gasteiger partial charge in [-0.2, -0.15) is 5.10 Å². The monoisotopic (exact) mass is 215 g/mol. The first-order valence-corrected chi connectivity index (χ1v) is 5.51. The fraction of sp³-hybridized carbons (Fsp3) is 0.308. The molecule has 2 N–H and O–H groups in total. The Balaban J connectivity index is 1.95. The molecule has 3 heteroatoms. The Kier molecular flexibility index (Phi) is 3.37. The summed E-state index contributed by atoms with van der Waals surface area (Å²) in [7, 11) is 0. The minimum absolute atomic E-state index is 0.827. The molecule has 0 saturated heterocycles. The van der Waals surface area contributed by atoms with Gasteiger partial charge in [0.05, 0.1) is 0 Å². The zero-order chi connectivity index (χ0) is 11.4. The summed E-state index contributed by atoms with van der Waals surface area (Å²) in [6.07, 6.45) is 1.77. The number of H-pyrrole nitrogens is 1. The number of hydrogen-bond donors (Lipinski definition) is 2. The van der Waals surface area contributed by atoms with E-state index in [0.717, 1.165) is 18.8 Å². The van der Waals surface area contributed by atoms with Crippen LogP contribution in [0.3, 0.4) is 0 Å². The summed E-state index contributed by atoms with van der Waals surface area (Å²) in [5.74, 6) is 0. The highest BCUT2D eigenvalue weighted by molar-refractivity contribution is 5.33. The highest BCUT2D eigenvalue weighted by Gasteiger charge is 2.01. The van der Waals surface area contributed by atoms with Gasteiger partial charge < -0.3 is 5.32 Å². The first-order valence-electron chi connectivity index (χ1n) is 5.51. The highest BCUT2D eigenvalue weighted by atomic mass is 15.1. The fourth-order valence-corrected chi connectivity index (χ4v) is 1.83. The van der Waals surface area contributed by atoms with E-state index in [0.29, 0.717) is 0 Å². The summed E-state index contributed by atoms with van der Waals surface area (Å²) in [4.78, 5) is 0. The number of nitrogens with zero attached hydrogens (tertiary/aromatic N) is 1. The van der Waals surface area contributed by atoms with E-state index in [1.807, 2.05) is 6.07 Å². The van der Waals surface area contributed by atoms with E-state index >= 15 is 0 Å². The van der Waals surface area contributed by atoms with Crippen molar-refractivity contribution in [2.24, 2.45) is 0 Å². The maximum atomic E-state index is 3.92. The number of nitrogens with one attached hydrogen (secondary N) is 2. The van der Waals surface area contributed by atoms with Crippen LogP contribution in [-0.2, 0) is 13.1 Å². The first kappa shape index (κ1) is 10.9. The van der Waals surface area contributed by atoms with Gasteiger partial charge in [0.15, 0.2) is 0 Å². The van der Waals surface area contributed by atoms with Crippen LogP contribution in [0.1, 0.15) is 22.4 Å². The van der Waals surface area contributed by atoms with E-state index in [1.165, 1.54) is 16.7 Å². The Labute approximate surface area is 95.9 Å². The zero-order valence-corrected chi connectivity index (χ0v) is 9.75. The average Bonchev–Trinajstić information content (AvgIpc) is 2.75. The minimum Gasteiger partial charge on any atom is -0.307 e. The molecule has 2 rings (SSSR count). The maximum absolute atomic E-state index is 3.92. The van der Waals surface area contributed by atoms with Crippen LogP contribution >= 0.6 is 0 Å². The number of hydrogen-bond acceptors (Lipinski definition) is 2. The normalized spacial score (nSPS) is 10.6. The Hall–Kier alpha value is -1.61. The molecule has 0 bridgehead atoms.